The Kier molecular flexibility index (Phi) is 2.40. The molecule has 0 aromatic carbocycles. The first kappa shape index (κ1) is 9.34. The zero-order valence-corrected chi connectivity index (χ0v) is 9.39. The quantitative estimate of drug-likeness (QED) is 0.762. The highest BCUT2D eigenvalue weighted by molar-refractivity contribution is 7.85. The van der Waals surface area contributed by atoms with E-state index in [0.29, 0.717) is 5.25 Å². The van der Waals surface area contributed by atoms with Crippen LogP contribution in [-0.2, 0) is 10.8 Å². The molecule has 4 unspecified atom stereocenters. The van der Waals surface area contributed by atoms with Crippen LogP contribution in [0.4, 0.5) is 0 Å². The molecular weight excluding hydrogens is 194 g/mol. The Morgan fingerprint density at radius 1 is 1.21 bits per heavy atom. The average molecular weight is 213 g/mol. The van der Waals surface area contributed by atoms with Gasteiger partial charge in [-0.3, -0.25) is 4.21 Å². The summed E-state index contributed by atoms with van der Waals surface area (Å²) < 4.78 is 12.1. The first-order valence-electron chi connectivity index (χ1n) is 5.91. The number of fused-ring (bicyclic) bond motifs is 2. The summed E-state index contributed by atoms with van der Waals surface area (Å²) in [7, 11) is -0.514. The summed E-state index contributed by atoms with van der Waals surface area (Å²) in [6.45, 7) is 2.21. The van der Waals surface area contributed by atoms with Crippen molar-refractivity contribution in [2.75, 3.05) is 18.8 Å². The van der Waals surface area contributed by atoms with Crippen molar-refractivity contribution in [3.63, 3.8) is 0 Å². The van der Waals surface area contributed by atoms with E-state index in [1.165, 1.54) is 25.7 Å². The van der Waals surface area contributed by atoms with E-state index in [2.05, 4.69) is 5.32 Å². The van der Waals surface area contributed by atoms with E-state index in [9.17, 15) is 4.21 Å². The molecule has 3 fully saturated rings. The topological polar surface area (TPSA) is 29.1 Å². The molecule has 2 bridgehead atoms. The molecule has 3 rings (SSSR count). The molecule has 3 heteroatoms. The van der Waals surface area contributed by atoms with Gasteiger partial charge in [0.05, 0.1) is 0 Å². The minimum atomic E-state index is -0.514. The van der Waals surface area contributed by atoms with Crippen LogP contribution in [0.3, 0.4) is 0 Å². The summed E-state index contributed by atoms with van der Waals surface area (Å²) >= 11 is 0. The lowest BCUT2D eigenvalue weighted by Gasteiger charge is -2.29. The molecule has 0 radical (unpaired) electrons. The first-order valence-corrected chi connectivity index (χ1v) is 7.29. The van der Waals surface area contributed by atoms with Gasteiger partial charge in [-0.25, -0.2) is 0 Å². The van der Waals surface area contributed by atoms with E-state index in [1.807, 2.05) is 0 Å². The second kappa shape index (κ2) is 3.60. The summed E-state index contributed by atoms with van der Waals surface area (Å²) in [5, 5.41) is 3.83. The predicted octanol–water partition coefficient (Wildman–Crippen LogP) is 1.14. The van der Waals surface area contributed by atoms with E-state index < -0.39 is 10.8 Å². The Balaban J connectivity index is 1.57. The van der Waals surface area contributed by atoms with Crippen LogP contribution in [0.15, 0.2) is 0 Å². The Morgan fingerprint density at radius 2 is 2.07 bits per heavy atom. The van der Waals surface area contributed by atoms with Gasteiger partial charge in [-0.05, 0) is 37.0 Å². The van der Waals surface area contributed by atoms with Crippen LogP contribution in [0, 0.1) is 17.8 Å². The molecule has 80 valence electrons. The van der Waals surface area contributed by atoms with E-state index >= 15 is 0 Å². The van der Waals surface area contributed by atoms with Gasteiger partial charge < -0.3 is 5.32 Å². The fraction of sp³-hybridized carbons (Fsp3) is 1.00. The van der Waals surface area contributed by atoms with Gasteiger partial charge in [0.2, 0.25) is 0 Å². The predicted molar refractivity (Wildman–Crippen MR) is 58.6 cm³/mol. The number of rotatable bonds is 3. The zero-order chi connectivity index (χ0) is 9.54. The van der Waals surface area contributed by atoms with Crippen molar-refractivity contribution in [2.45, 2.75) is 30.9 Å². The Hall–Kier alpha value is 0.110. The van der Waals surface area contributed by atoms with Crippen LogP contribution < -0.4 is 5.32 Å². The van der Waals surface area contributed by atoms with Crippen molar-refractivity contribution < 1.29 is 4.21 Å². The smallest absolute Gasteiger partial charge is 0.0379 e. The maximum atomic E-state index is 12.1. The summed E-state index contributed by atoms with van der Waals surface area (Å²) in [6.07, 6.45) is 5.45. The lowest BCUT2D eigenvalue weighted by atomic mass is 10.0. The number of nitrogens with one attached hydrogen (secondary N) is 1. The van der Waals surface area contributed by atoms with Gasteiger partial charge in [0.15, 0.2) is 0 Å². The highest BCUT2D eigenvalue weighted by Crippen LogP contribution is 2.46. The first-order chi connectivity index (χ1) is 6.83. The highest BCUT2D eigenvalue weighted by Gasteiger charge is 2.42. The molecule has 14 heavy (non-hydrogen) atoms. The molecular formula is C11H19NOS. The van der Waals surface area contributed by atoms with Crippen LogP contribution >= 0.6 is 0 Å². The molecule has 1 saturated heterocycles. The molecule has 0 amide bonds. The number of hydrogen-bond acceptors (Lipinski definition) is 2. The minimum absolute atomic E-state index is 0.514. The van der Waals surface area contributed by atoms with Gasteiger partial charge in [0.1, 0.15) is 0 Å². The van der Waals surface area contributed by atoms with Crippen molar-refractivity contribution in [1.29, 1.82) is 0 Å². The molecule has 2 nitrogen and oxygen atoms in total. The van der Waals surface area contributed by atoms with E-state index in [1.54, 1.807) is 0 Å². The molecule has 2 saturated carbocycles. The van der Waals surface area contributed by atoms with Gasteiger partial charge >= 0.3 is 0 Å². The summed E-state index contributed by atoms with van der Waals surface area (Å²) in [6, 6.07) is 0. The SMILES string of the molecule is O=S(CC1CNC1)C1CC2CCC1C2. The average Bonchev–Trinajstić information content (AvgIpc) is 2.71. The maximum absolute atomic E-state index is 12.1. The Labute approximate surface area is 88.3 Å². The van der Waals surface area contributed by atoms with Gasteiger partial charge in [-0.2, -0.15) is 0 Å². The normalized spacial score (nSPS) is 43.9. The second-order valence-corrected chi connectivity index (χ2v) is 6.99. The van der Waals surface area contributed by atoms with Crippen molar-refractivity contribution in [3.8, 4) is 0 Å². The molecule has 1 heterocycles. The summed E-state index contributed by atoms with van der Waals surface area (Å²) in [4.78, 5) is 0. The van der Waals surface area contributed by atoms with Crippen molar-refractivity contribution >= 4 is 10.8 Å². The van der Waals surface area contributed by atoms with Gasteiger partial charge in [-0.1, -0.05) is 6.42 Å². The van der Waals surface area contributed by atoms with Crippen LogP contribution in [0.25, 0.3) is 0 Å². The molecule has 0 aromatic heterocycles. The van der Waals surface area contributed by atoms with Crippen molar-refractivity contribution in [3.05, 3.63) is 0 Å². The van der Waals surface area contributed by atoms with Crippen LogP contribution in [0.2, 0.25) is 0 Å². The second-order valence-electron chi connectivity index (χ2n) is 5.28. The molecule has 1 aliphatic heterocycles. The standard InChI is InChI=1S/C11H19NOS/c13-14(7-9-5-12-6-9)11-4-8-1-2-10(11)3-8/h8-12H,1-7H2. The van der Waals surface area contributed by atoms with E-state index in [-0.39, 0.29) is 0 Å². The van der Waals surface area contributed by atoms with E-state index in [0.717, 1.165) is 36.6 Å². The molecule has 3 aliphatic rings. The highest BCUT2D eigenvalue weighted by atomic mass is 32.2. The van der Waals surface area contributed by atoms with E-state index in [4.69, 9.17) is 0 Å². The van der Waals surface area contributed by atoms with Crippen molar-refractivity contribution in [1.82, 2.24) is 5.32 Å². The molecule has 0 aromatic rings. The summed E-state index contributed by atoms with van der Waals surface area (Å²) in [5.74, 6) is 3.46. The Morgan fingerprint density at radius 3 is 2.57 bits per heavy atom. The third kappa shape index (κ3) is 1.54. The minimum Gasteiger partial charge on any atom is -0.316 e. The van der Waals surface area contributed by atoms with Crippen LogP contribution in [0.1, 0.15) is 25.7 Å². The molecule has 1 N–H and O–H groups in total. The van der Waals surface area contributed by atoms with Gasteiger partial charge in [0, 0.05) is 34.9 Å². The lowest BCUT2D eigenvalue weighted by Crippen LogP contribution is -2.46. The third-order valence-electron chi connectivity index (χ3n) is 4.28. The van der Waals surface area contributed by atoms with Gasteiger partial charge in [-0.15, -0.1) is 0 Å². The molecule has 4 atom stereocenters. The summed E-state index contributed by atoms with van der Waals surface area (Å²) in [5.41, 5.74) is 0. The third-order valence-corrected chi connectivity index (χ3v) is 6.33. The van der Waals surface area contributed by atoms with Gasteiger partial charge in [0.25, 0.3) is 0 Å². The lowest BCUT2D eigenvalue weighted by molar-refractivity contribution is 0.380. The fourth-order valence-corrected chi connectivity index (χ4v) is 5.44. The zero-order valence-electron chi connectivity index (χ0n) is 8.58. The van der Waals surface area contributed by atoms with Crippen LogP contribution in [0.5, 0.6) is 0 Å². The molecule has 2 aliphatic carbocycles. The monoisotopic (exact) mass is 213 g/mol. The fourth-order valence-electron chi connectivity index (χ4n) is 3.33. The van der Waals surface area contributed by atoms with Crippen LogP contribution in [-0.4, -0.2) is 28.3 Å². The molecule has 0 spiro atoms. The van der Waals surface area contributed by atoms with Crippen molar-refractivity contribution in [2.24, 2.45) is 17.8 Å². The maximum Gasteiger partial charge on any atom is 0.0379 e. The Bertz CT molecular complexity index is 252. The largest absolute Gasteiger partial charge is 0.316 e. The number of hydrogen-bond donors (Lipinski definition) is 1.